The SMILES string of the molecule is C=NN(C)/C=C(\C)c1ccc2cnc(NC(C)c3cccc(OC4CCNCC4)c3)cc2c1. The first-order chi connectivity index (χ1) is 16.0. The molecule has 1 saturated heterocycles. The van der Waals surface area contributed by atoms with Gasteiger partial charge in [-0.3, -0.25) is 5.01 Å². The monoisotopic (exact) mass is 443 g/mol. The molecule has 172 valence electrons. The van der Waals surface area contributed by atoms with Gasteiger partial charge in [0.2, 0.25) is 0 Å². The number of fused-ring (bicyclic) bond motifs is 1. The summed E-state index contributed by atoms with van der Waals surface area (Å²) in [7, 11) is 1.87. The average Bonchev–Trinajstić information content (AvgIpc) is 2.84. The lowest BCUT2D eigenvalue weighted by Crippen LogP contribution is -2.34. The highest BCUT2D eigenvalue weighted by Gasteiger charge is 2.15. The molecule has 0 bridgehead atoms. The van der Waals surface area contributed by atoms with Crippen LogP contribution in [-0.2, 0) is 0 Å². The Bertz CT molecular complexity index is 1140. The molecule has 1 unspecified atom stereocenters. The third-order valence-corrected chi connectivity index (χ3v) is 6.09. The number of hydrogen-bond donors (Lipinski definition) is 2. The Kier molecular flexibility index (Phi) is 7.25. The molecule has 1 aliphatic rings. The lowest BCUT2D eigenvalue weighted by Gasteiger charge is -2.24. The maximum atomic E-state index is 6.22. The highest BCUT2D eigenvalue weighted by Crippen LogP contribution is 2.27. The molecule has 2 aromatic carbocycles. The summed E-state index contributed by atoms with van der Waals surface area (Å²) in [4.78, 5) is 4.63. The number of piperidine rings is 1. The van der Waals surface area contributed by atoms with Crippen LogP contribution in [0.3, 0.4) is 0 Å². The third kappa shape index (κ3) is 5.90. The largest absolute Gasteiger partial charge is 0.490 e. The highest BCUT2D eigenvalue weighted by molar-refractivity contribution is 5.87. The van der Waals surface area contributed by atoms with E-state index in [2.05, 4.69) is 83.7 Å². The molecule has 3 aromatic rings. The Morgan fingerprint density at radius 3 is 2.82 bits per heavy atom. The molecule has 4 rings (SSSR count). The number of hydrazone groups is 1. The van der Waals surface area contributed by atoms with Crippen molar-refractivity contribution < 1.29 is 4.74 Å². The molecule has 0 amide bonds. The molecule has 6 heteroatoms. The molecular formula is C27H33N5O. The first-order valence-corrected chi connectivity index (χ1v) is 11.5. The number of ether oxygens (including phenoxy) is 1. The van der Waals surface area contributed by atoms with Crippen LogP contribution < -0.4 is 15.4 Å². The summed E-state index contributed by atoms with van der Waals surface area (Å²) >= 11 is 0. The Balaban J connectivity index is 1.49. The smallest absolute Gasteiger partial charge is 0.126 e. The van der Waals surface area contributed by atoms with Crippen LogP contribution in [0.2, 0.25) is 0 Å². The Morgan fingerprint density at radius 2 is 2.03 bits per heavy atom. The number of pyridine rings is 1. The highest BCUT2D eigenvalue weighted by atomic mass is 16.5. The van der Waals surface area contributed by atoms with Crippen LogP contribution in [0.25, 0.3) is 16.3 Å². The van der Waals surface area contributed by atoms with Crippen LogP contribution >= 0.6 is 0 Å². The second-order valence-corrected chi connectivity index (χ2v) is 8.66. The van der Waals surface area contributed by atoms with Gasteiger partial charge in [0.25, 0.3) is 0 Å². The van der Waals surface area contributed by atoms with E-state index in [0.717, 1.165) is 59.4 Å². The first-order valence-electron chi connectivity index (χ1n) is 11.5. The minimum Gasteiger partial charge on any atom is -0.490 e. The van der Waals surface area contributed by atoms with E-state index in [0.29, 0.717) is 6.10 Å². The summed E-state index contributed by atoms with van der Waals surface area (Å²) in [6.45, 7) is 9.83. The van der Waals surface area contributed by atoms with E-state index in [1.54, 1.807) is 5.01 Å². The number of anilines is 1. The van der Waals surface area contributed by atoms with Crippen molar-refractivity contribution in [3.63, 3.8) is 0 Å². The molecule has 33 heavy (non-hydrogen) atoms. The zero-order valence-corrected chi connectivity index (χ0v) is 19.7. The summed E-state index contributed by atoms with van der Waals surface area (Å²) in [5.74, 6) is 1.79. The second kappa shape index (κ2) is 10.5. The average molecular weight is 444 g/mol. The molecule has 1 aromatic heterocycles. The number of nitrogens with zero attached hydrogens (tertiary/aromatic N) is 3. The number of aromatic nitrogens is 1. The zero-order valence-electron chi connectivity index (χ0n) is 19.7. The number of nitrogens with one attached hydrogen (secondary N) is 2. The molecule has 0 saturated carbocycles. The molecule has 1 fully saturated rings. The molecular weight excluding hydrogens is 410 g/mol. The van der Waals surface area contributed by atoms with Crippen molar-refractivity contribution in [2.45, 2.75) is 38.8 Å². The molecule has 2 N–H and O–H groups in total. The zero-order chi connectivity index (χ0) is 23.2. The topological polar surface area (TPSA) is 61.8 Å². The van der Waals surface area contributed by atoms with Gasteiger partial charge in [0.15, 0.2) is 0 Å². The van der Waals surface area contributed by atoms with Crippen molar-refractivity contribution in [3.05, 3.63) is 72.1 Å². The van der Waals surface area contributed by atoms with Crippen LogP contribution in [0, 0.1) is 0 Å². The minimum absolute atomic E-state index is 0.101. The molecule has 0 radical (unpaired) electrons. The van der Waals surface area contributed by atoms with Crippen molar-refractivity contribution in [1.29, 1.82) is 0 Å². The number of benzene rings is 2. The van der Waals surface area contributed by atoms with Crippen molar-refractivity contribution in [2.24, 2.45) is 5.10 Å². The van der Waals surface area contributed by atoms with E-state index >= 15 is 0 Å². The Hall–Kier alpha value is -3.38. The van der Waals surface area contributed by atoms with Crippen LogP contribution in [0.15, 0.2) is 66.0 Å². The molecule has 0 spiro atoms. The summed E-state index contributed by atoms with van der Waals surface area (Å²) in [6.07, 6.45) is 6.28. The molecule has 6 nitrogen and oxygen atoms in total. The van der Waals surface area contributed by atoms with Gasteiger partial charge in [-0.05, 0) is 86.1 Å². The quantitative estimate of drug-likeness (QED) is 0.358. The third-order valence-electron chi connectivity index (χ3n) is 6.09. The van der Waals surface area contributed by atoms with Crippen LogP contribution in [-0.4, -0.2) is 43.0 Å². The van der Waals surface area contributed by atoms with Crippen LogP contribution in [0.5, 0.6) is 5.75 Å². The molecule has 2 heterocycles. The van der Waals surface area contributed by atoms with Gasteiger partial charge in [0, 0.05) is 31.5 Å². The molecule has 1 atom stereocenters. The molecule has 0 aliphatic carbocycles. The lowest BCUT2D eigenvalue weighted by molar-refractivity contribution is 0.162. The van der Waals surface area contributed by atoms with Gasteiger partial charge < -0.3 is 15.4 Å². The van der Waals surface area contributed by atoms with Gasteiger partial charge in [-0.2, -0.15) is 5.10 Å². The summed E-state index contributed by atoms with van der Waals surface area (Å²) in [6, 6.07) is 17.0. The summed E-state index contributed by atoms with van der Waals surface area (Å²) in [5.41, 5.74) is 3.44. The van der Waals surface area contributed by atoms with Gasteiger partial charge in [-0.15, -0.1) is 0 Å². The van der Waals surface area contributed by atoms with E-state index in [-0.39, 0.29) is 6.04 Å². The van der Waals surface area contributed by atoms with Crippen LogP contribution in [0.1, 0.15) is 43.9 Å². The predicted molar refractivity (Wildman–Crippen MR) is 138 cm³/mol. The maximum absolute atomic E-state index is 6.22. The van der Waals surface area contributed by atoms with E-state index in [4.69, 9.17) is 4.74 Å². The van der Waals surface area contributed by atoms with Crippen molar-refractivity contribution in [2.75, 3.05) is 25.5 Å². The Labute approximate surface area is 196 Å². The number of allylic oxidation sites excluding steroid dienone is 1. The summed E-state index contributed by atoms with van der Waals surface area (Å²) in [5, 5.41) is 14.8. The lowest BCUT2D eigenvalue weighted by atomic mass is 10.0. The maximum Gasteiger partial charge on any atom is 0.126 e. The summed E-state index contributed by atoms with van der Waals surface area (Å²) < 4.78 is 6.22. The number of hydrogen-bond acceptors (Lipinski definition) is 6. The van der Waals surface area contributed by atoms with Gasteiger partial charge in [-0.25, -0.2) is 4.98 Å². The van der Waals surface area contributed by atoms with Crippen molar-refractivity contribution in [1.82, 2.24) is 15.3 Å². The normalized spacial score (nSPS) is 15.8. The van der Waals surface area contributed by atoms with E-state index in [1.807, 2.05) is 25.5 Å². The first kappa shape index (κ1) is 22.8. The fourth-order valence-electron chi connectivity index (χ4n) is 4.13. The molecule has 1 aliphatic heterocycles. The van der Waals surface area contributed by atoms with Gasteiger partial charge in [-0.1, -0.05) is 24.3 Å². The van der Waals surface area contributed by atoms with Crippen molar-refractivity contribution >= 4 is 28.9 Å². The van der Waals surface area contributed by atoms with E-state index in [1.165, 1.54) is 5.56 Å². The fourth-order valence-corrected chi connectivity index (χ4v) is 4.13. The number of rotatable bonds is 8. The van der Waals surface area contributed by atoms with E-state index < -0.39 is 0 Å². The Morgan fingerprint density at radius 1 is 1.21 bits per heavy atom. The predicted octanol–water partition coefficient (Wildman–Crippen LogP) is 5.45. The second-order valence-electron chi connectivity index (χ2n) is 8.66. The fraction of sp³-hybridized carbons (Fsp3) is 0.333. The minimum atomic E-state index is 0.101. The van der Waals surface area contributed by atoms with Crippen LogP contribution in [0.4, 0.5) is 5.82 Å². The standard InChI is InChI=1S/C27H33N5O/c1-19(18-32(4)28-3)21-8-9-23-17-30-27(16-24(23)14-21)31-20(2)22-6-5-7-26(15-22)33-25-10-12-29-13-11-25/h5-9,14-18,20,25,29H,3,10-13H2,1-2,4H3,(H,30,31)/b19-18+. The van der Waals surface area contributed by atoms with E-state index in [9.17, 15) is 0 Å². The van der Waals surface area contributed by atoms with Gasteiger partial charge in [0.05, 0.1) is 6.04 Å². The van der Waals surface area contributed by atoms with Gasteiger partial charge in [0.1, 0.15) is 17.7 Å². The van der Waals surface area contributed by atoms with Crippen molar-refractivity contribution in [3.8, 4) is 5.75 Å². The van der Waals surface area contributed by atoms with Gasteiger partial charge >= 0.3 is 0 Å².